The van der Waals surface area contributed by atoms with Crippen molar-refractivity contribution in [1.82, 2.24) is 9.80 Å². The molecule has 0 spiro atoms. The molecule has 0 bridgehead atoms. The zero-order chi connectivity index (χ0) is 14.1. The topological polar surface area (TPSA) is 26.7 Å². The van der Waals surface area contributed by atoms with Gasteiger partial charge in [-0.3, -0.25) is 4.90 Å². The van der Waals surface area contributed by atoms with Gasteiger partial charge in [0, 0.05) is 29.0 Å². The lowest BCUT2D eigenvalue weighted by Crippen LogP contribution is -2.67. The zero-order valence-electron chi connectivity index (χ0n) is 12.0. The first-order valence-electron chi connectivity index (χ1n) is 7.51. The number of likely N-dealkylation sites (N-methyl/N-ethyl adjacent to an activating group) is 1. The minimum absolute atomic E-state index is 0.265. The van der Waals surface area contributed by atoms with Crippen LogP contribution in [0.3, 0.4) is 0 Å². The monoisotopic (exact) mass is 338 g/mol. The van der Waals surface area contributed by atoms with E-state index in [9.17, 15) is 5.11 Å². The summed E-state index contributed by atoms with van der Waals surface area (Å²) in [5.41, 5.74) is 1.36. The SMILES string of the molecule is CN1CCCCN2[C@H](C1)[C@@H](c1ccc(Br)cc1)[C@@H]2CO. The highest BCUT2D eigenvalue weighted by Gasteiger charge is 2.48. The van der Waals surface area contributed by atoms with Crippen molar-refractivity contribution in [2.45, 2.75) is 30.8 Å². The maximum atomic E-state index is 9.77. The molecule has 4 heteroatoms. The molecule has 3 rings (SSSR count). The minimum atomic E-state index is 0.265. The predicted molar refractivity (Wildman–Crippen MR) is 85.0 cm³/mol. The van der Waals surface area contributed by atoms with Crippen LogP contribution in [-0.2, 0) is 0 Å². The van der Waals surface area contributed by atoms with Crippen LogP contribution in [-0.4, -0.2) is 60.3 Å². The van der Waals surface area contributed by atoms with Crippen LogP contribution in [0.2, 0.25) is 0 Å². The van der Waals surface area contributed by atoms with E-state index in [1.54, 1.807) is 0 Å². The summed E-state index contributed by atoms with van der Waals surface area (Å²) in [6.45, 7) is 3.70. The van der Waals surface area contributed by atoms with Crippen molar-refractivity contribution in [3.63, 3.8) is 0 Å². The number of aliphatic hydroxyl groups excluding tert-OH is 1. The van der Waals surface area contributed by atoms with Gasteiger partial charge < -0.3 is 10.0 Å². The van der Waals surface area contributed by atoms with Crippen LogP contribution in [0.15, 0.2) is 28.7 Å². The summed E-state index contributed by atoms with van der Waals surface area (Å²) < 4.78 is 1.12. The molecule has 0 aromatic heterocycles. The van der Waals surface area contributed by atoms with E-state index in [-0.39, 0.29) is 6.61 Å². The average molecular weight is 339 g/mol. The molecular weight excluding hydrogens is 316 g/mol. The Kier molecular flexibility index (Phi) is 4.46. The number of fused-ring (bicyclic) bond motifs is 1. The molecule has 2 saturated heterocycles. The van der Waals surface area contributed by atoms with Crippen molar-refractivity contribution in [2.75, 3.05) is 33.3 Å². The van der Waals surface area contributed by atoms with E-state index in [2.05, 4.69) is 57.0 Å². The average Bonchev–Trinajstić information content (AvgIpc) is 2.42. The Morgan fingerprint density at radius 3 is 2.60 bits per heavy atom. The van der Waals surface area contributed by atoms with Gasteiger partial charge in [-0.15, -0.1) is 0 Å². The summed E-state index contributed by atoms with van der Waals surface area (Å²) in [7, 11) is 2.22. The molecule has 3 atom stereocenters. The Bertz CT molecular complexity index is 450. The van der Waals surface area contributed by atoms with Gasteiger partial charge >= 0.3 is 0 Å². The highest BCUT2D eigenvalue weighted by atomic mass is 79.9. The van der Waals surface area contributed by atoms with E-state index in [1.807, 2.05) is 0 Å². The third kappa shape index (κ3) is 2.67. The number of hydrogen-bond acceptors (Lipinski definition) is 3. The second-order valence-corrected chi connectivity index (χ2v) is 7.02. The van der Waals surface area contributed by atoms with Gasteiger partial charge in [-0.2, -0.15) is 0 Å². The van der Waals surface area contributed by atoms with Crippen LogP contribution < -0.4 is 0 Å². The molecule has 0 aliphatic carbocycles. The van der Waals surface area contributed by atoms with Crippen LogP contribution in [0.4, 0.5) is 0 Å². The van der Waals surface area contributed by atoms with E-state index < -0.39 is 0 Å². The molecule has 1 aromatic carbocycles. The largest absolute Gasteiger partial charge is 0.395 e. The van der Waals surface area contributed by atoms with Crippen LogP contribution in [0.1, 0.15) is 24.3 Å². The molecule has 20 heavy (non-hydrogen) atoms. The molecule has 2 aliphatic rings. The maximum Gasteiger partial charge on any atom is 0.0593 e. The highest BCUT2D eigenvalue weighted by Crippen LogP contribution is 2.41. The molecule has 110 valence electrons. The van der Waals surface area contributed by atoms with Gasteiger partial charge in [-0.1, -0.05) is 28.1 Å². The lowest BCUT2D eigenvalue weighted by molar-refractivity contribution is -0.0614. The number of rotatable bonds is 2. The summed E-state index contributed by atoms with van der Waals surface area (Å²) >= 11 is 3.50. The second-order valence-electron chi connectivity index (χ2n) is 6.10. The Morgan fingerprint density at radius 1 is 1.20 bits per heavy atom. The fraction of sp³-hybridized carbons (Fsp3) is 0.625. The third-order valence-electron chi connectivity index (χ3n) is 4.83. The standard InChI is InChI=1S/C16H23BrN2O/c1-18-8-2-3-9-19-14(10-18)16(15(19)11-20)12-4-6-13(17)7-5-12/h4-7,14-16,20H,2-3,8-11H2,1H3/t14-,15+,16-/m1/s1. The molecule has 2 fully saturated rings. The molecule has 2 heterocycles. The van der Waals surface area contributed by atoms with E-state index in [4.69, 9.17) is 0 Å². The number of hydrogen-bond donors (Lipinski definition) is 1. The van der Waals surface area contributed by atoms with Crippen LogP contribution in [0.25, 0.3) is 0 Å². The van der Waals surface area contributed by atoms with Crippen molar-refractivity contribution < 1.29 is 5.11 Å². The normalized spacial score (nSPS) is 32.0. The van der Waals surface area contributed by atoms with Gasteiger partial charge in [0.15, 0.2) is 0 Å². The molecule has 2 aliphatic heterocycles. The van der Waals surface area contributed by atoms with Crippen LogP contribution in [0.5, 0.6) is 0 Å². The van der Waals surface area contributed by atoms with Gasteiger partial charge in [0.2, 0.25) is 0 Å². The van der Waals surface area contributed by atoms with Gasteiger partial charge in [-0.05, 0) is 50.7 Å². The first-order chi connectivity index (χ1) is 9.70. The molecule has 1 N–H and O–H groups in total. The first-order valence-corrected chi connectivity index (χ1v) is 8.30. The van der Waals surface area contributed by atoms with E-state index >= 15 is 0 Å². The maximum absolute atomic E-state index is 9.77. The Morgan fingerprint density at radius 2 is 1.90 bits per heavy atom. The lowest BCUT2D eigenvalue weighted by atomic mass is 9.74. The zero-order valence-corrected chi connectivity index (χ0v) is 13.6. The summed E-state index contributed by atoms with van der Waals surface area (Å²) in [5, 5.41) is 9.77. The fourth-order valence-corrected chi connectivity index (χ4v) is 4.06. The summed E-state index contributed by atoms with van der Waals surface area (Å²) in [6, 6.07) is 9.48. The summed E-state index contributed by atoms with van der Waals surface area (Å²) in [6.07, 6.45) is 2.51. The number of benzene rings is 1. The molecule has 0 amide bonds. The summed E-state index contributed by atoms with van der Waals surface area (Å²) in [5.74, 6) is 0.466. The van der Waals surface area contributed by atoms with Gasteiger partial charge in [0.05, 0.1) is 6.61 Å². The minimum Gasteiger partial charge on any atom is -0.395 e. The highest BCUT2D eigenvalue weighted by molar-refractivity contribution is 9.10. The van der Waals surface area contributed by atoms with E-state index in [1.165, 1.54) is 24.9 Å². The van der Waals surface area contributed by atoms with E-state index in [0.29, 0.717) is 18.0 Å². The number of nitrogens with zero attached hydrogens (tertiary/aromatic N) is 2. The van der Waals surface area contributed by atoms with Gasteiger partial charge in [0.25, 0.3) is 0 Å². The quantitative estimate of drug-likeness (QED) is 0.896. The van der Waals surface area contributed by atoms with Crippen molar-refractivity contribution in [2.24, 2.45) is 0 Å². The lowest BCUT2D eigenvalue weighted by Gasteiger charge is -2.57. The van der Waals surface area contributed by atoms with E-state index in [0.717, 1.165) is 17.6 Å². The third-order valence-corrected chi connectivity index (χ3v) is 5.36. The first kappa shape index (κ1) is 14.5. The Balaban J connectivity index is 1.83. The van der Waals surface area contributed by atoms with Crippen LogP contribution >= 0.6 is 15.9 Å². The molecule has 0 unspecified atom stereocenters. The molecule has 1 aromatic rings. The Hall–Kier alpha value is -0.420. The number of halogens is 1. The van der Waals surface area contributed by atoms with Crippen molar-refractivity contribution in [3.05, 3.63) is 34.3 Å². The van der Waals surface area contributed by atoms with Crippen molar-refractivity contribution >= 4 is 15.9 Å². The predicted octanol–water partition coefficient (Wildman–Crippen LogP) is 2.30. The number of aliphatic hydroxyl groups is 1. The fourth-order valence-electron chi connectivity index (χ4n) is 3.80. The molecule has 0 radical (unpaired) electrons. The van der Waals surface area contributed by atoms with Gasteiger partial charge in [-0.25, -0.2) is 0 Å². The molecule has 3 nitrogen and oxygen atoms in total. The van der Waals surface area contributed by atoms with Crippen LogP contribution in [0, 0.1) is 0 Å². The smallest absolute Gasteiger partial charge is 0.0593 e. The molecule has 0 saturated carbocycles. The molecular formula is C16H23BrN2O. The van der Waals surface area contributed by atoms with Crippen molar-refractivity contribution in [3.8, 4) is 0 Å². The second kappa shape index (κ2) is 6.14. The van der Waals surface area contributed by atoms with Gasteiger partial charge in [0.1, 0.15) is 0 Å². The summed E-state index contributed by atoms with van der Waals surface area (Å²) in [4.78, 5) is 4.96. The Labute approximate surface area is 129 Å². The van der Waals surface area contributed by atoms with Crippen molar-refractivity contribution in [1.29, 1.82) is 0 Å².